The maximum Gasteiger partial charge on any atom is 0.268 e. The number of fused-ring (bicyclic) bond motifs is 4. The van der Waals surface area contributed by atoms with E-state index in [1.807, 2.05) is 103 Å². The van der Waals surface area contributed by atoms with Gasteiger partial charge in [0.05, 0.1) is 37.3 Å². The second-order valence-electron chi connectivity index (χ2n) is 24.2. The minimum absolute atomic E-state index is 0. The maximum atomic E-state index is 10.1. The van der Waals surface area contributed by atoms with Crippen molar-refractivity contribution in [2.75, 3.05) is 0 Å². The van der Waals surface area contributed by atoms with Crippen LogP contribution in [-0.4, -0.2) is 22.2 Å². The van der Waals surface area contributed by atoms with E-state index in [9.17, 15) is 16.4 Å². The van der Waals surface area contributed by atoms with E-state index in [2.05, 4.69) is 116 Å². The number of aromatic nitrogens is 4. The minimum Gasteiger partial charge on any atom is -0.510 e. The molecule has 3 aromatic heterocycles. The number of para-hydroxylation sites is 2. The van der Waals surface area contributed by atoms with Gasteiger partial charge in [-0.1, -0.05) is 256 Å². The van der Waals surface area contributed by atoms with E-state index in [1.54, 1.807) is 33.4 Å². The number of pyridine rings is 1. The molecule has 0 spiro atoms. The summed E-state index contributed by atoms with van der Waals surface area (Å²) in [5.74, 6) is 1.36. The Morgan fingerprint density at radius 3 is 1.75 bits per heavy atom. The molecule has 0 aliphatic carbocycles. The third-order valence-corrected chi connectivity index (χ3v) is 19.9. The number of benzene rings is 10. The monoisotopic (exact) mass is 1310 g/mol. The SMILES string of the molecule is [2H]c1c([2H])c([2H])c([Si](c2cccc(-c3cccc(C(C)(C)C)c3)c2-[n+]2[c-]n(-c3[c-]c(Oc4[c-]c5c(cc4)c4ccccc4n5-c4cc(C(C)(C)C)ccn4)ccc3)c3cc(-c4ccc(C(C)(C)C)cc4)ccc32)(c2c([2H])c([2H])c([2H])c([2H])c2[2H])c2c([2H])c([2H])c([2H])c([2H])c2[2H])c([2H])c1[2H].[Pt]. The summed E-state index contributed by atoms with van der Waals surface area (Å²) in [5, 5.41) is -0.0188. The van der Waals surface area contributed by atoms with Crippen LogP contribution in [0.15, 0.2) is 248 Å². The van der Waals surface area contributed by atoms with Gasteiger partial charge in [-0.3, -0.25) is 4.57 Å². The fourth-order valence-corrected chi connectivity index (χ4v) is 15.3. The quantitative estimate of drug-likeness (QED) is 0.0560. The van der Waals surface area contributed by atoms with Crippen molar-refractivity contribution >= 4 is 61.7 Å². The molecule has 422 valence electrons. The molecular formula is C78H68N4OPtSi-2. The van der Waals surface area contributed by atoms with E-state index in [1.165, 1.54) is 0 Å². The smallest absolute Gasteiger partial charge is 0.268 e. The third-order valence-electron chi connectivity index (χ3n) is 15.7. The first-order valence-corrected chi connectivity index (χ1v) is 30.0. The van der Waals surface area contributed by atoms with Gasteiger partial charge < -0.3 is 13.9 Å². The van der Waals surface area contributed by atoms with Crippen LogP contribution < -0.4 is 30.1 Å². The van der Waals surface area contributed by atoms with Crippen molar-refractivity contribution < 1.29 is 50.9 Å². The summed E-state index contributed by atoms with van der Waals surface area (Å²) in [7, 11) is -5.81. The molecule has 3 heterocycles. The van der Waals surface area contributed by atoms with Gasteiger partial charge in [-0.15, -0.1) is 29.7 Å². The maximum absolute atomic E-state index is 10.1. The Morgan fingerprint density at radius 2 is 1.09 bits per heavy atom. The Morgan fingerprint density at radius 1 is 0.494 bits per heavy atom. The fourth-order valence-electron chi connectivity index (χ4n) is 11.3. The van der Waals surface area contributed by atoms with Crippen molar-refractivity contribution in [3.8, 4) is 50.9 Å². The molecule has 0 aliphatic rings. The average Bonchev–Trinajstić information content (AvgIpc) is 0.768. The normalized spacial score (nSPS) is 14.7. The zero-order valence-corrected chi connectivity index (χ0v) is 51.8. The van der Waals surface area contributed by atoms with Gasteiger partial charge in [-0.25, -0.2) is 4.98 Å². The number of hydrogen-bond acceptors (Lipinski definition) is 2. The van der Waals surface area contributed by atoms with E-state index >= 15 is 0 Å². The molecule has 0 aliphatic heterocycles. The van der Waals surface area contributed by atoms with Crippen LogP contribution in [0.25, 0.3) is 72.3 Å². The molecule has 13 rings (SSSR count). The van der Waals surface area contributed by atoms with Crippen molar-refractivity contribution in [1.82, 2.24) is 14.1 Å². The van der Waals surface area contributed by atoms with E-state index < -0.39 is 120 Å². The minimum atomic E-state index is -5.81. The Balaban J connectivity index is 0.00000948. The molecule has 0 bridgehead atoms. The summed E-state index contributed by atoms with van der Waals surface area (Å²) < 4.78 is 156. The zero-order valence-electron chi connectivity index (χ0n) is 63.5. The second kappa shape index (κ2) is 22.4. The van der Waals surface area contributed by atoms with Gasteiger partial charge >= 0.3 is 0 Å². The van der Waals surface area contributed by atoms with E-state index in [0.717, 1.165) is 49.6 Å². The van der Waals surface area contributed by atoms with E-state index in [0.29, 0.717) is 39.4 Å². The van der Waals surface area contributed by atoms with Crippen LogP contribution in [-0.2, 0) is 37.3 Å². The van der Waals surface area contributed by atoms with Crippen molar-refractivity contribution in [1.29, 1.82) is 0 Å². The Hall–Kier alpha value is -8.67. The van der Waals surface area contributed by atoms with Gasteiger partial charge in [-0.05, 0) is 111 Å². The summed E-state index contributed by atoms with van der Waals surface area (Å²) in [6.45, 7) is 19.0. The van der Waals surface area contributed by atoms with Crippen LogP contribution in [0.5, 0.6) is 11.5 Å². The molecule has 7 heteroatoms. The number of rotatable bonds is 11. The number of hydrogen-bond donors (Lipinski definition) is 0. The van der Waals surface area contributed by atoms with Crippen molar-refractivity contribution in [3.05, 3.63) is 284 Å². The molecule has 0 fully saturated rings. The van der Waals surface area contributed by atoms with Crippen LogP contribution in [0.1, 0.15) is 99.6 Å². The molecule has 13 aromatic rings. The van der Waals surface area contributed by atoms with Crippen molar-refractivity contribution in [2.24, 2.45) is 0 Å². The molecule has 0 unspecified atom stereocenters. The molecule has 10 aromatic carbocycles. The van der Waals surface area contributed by atoms with Crippen LogP contribution in [0, 0.1) is 18.5 Å². The second-order valence-corrected chi connectivity index (χ2v) is 27.7. The fraction of sp³-hybridized carbons (Fsp3) is 0.154. The first kappa shape index (κ1) is 41.4. The largest absolute Gasteiger partial charge is 0.510 e. The first-order chi connectivity index (χ1) is 46.7. The van der Waals surface area contributed by atoms with Gasteiger partial charge in [0.2, 0.25) is 0 Å². The van der Waals surface area contributed by atoms with Gasteiger partial charge in [0.1, 0.15) is 5.82 Å². The Labute approximate surface area is 537 Å². The van der Waals surface area contributed by atoms with Crippen molar-refractivity contribution in [2.45, 2.75) is 78.6 Å². The van der Waals surface area contributed by atoms with Crippen LogP contribution in [0.4, 0.5) is 0 Å². The topological polar surface area (TPSA) is 35.9 Å². The predicted molar refractivity (Wildman–Crippen MR) is 351 cm³/mol. The van der Waals surface area contributed by atoms with Gasteiger partial charge in [0.25, 0.3) is 6.33 Å². The first-order valence-electron chi connectivity index (χ1n) is 35.5. The molecule has 0 radical (unpaired) electrons. The number of ether oxygens (including phenoxy) is 1. The summed E-state index contributed by atoms with van der Waals surface area (Å²) in [6.07, 6.45) is 5.48. The van der Waals surface area contributed by atoms with E-state index in [4.69, 9.17) is 13.8 Å². The Bertz CT molecular complexity index is 5260. The molecule has 0 atom stereocenters. The van der Waals surface area contributed by atoms with Gasteiger partial charge in [0, 0.05) is 44.3 Å². The molecule has 0 N–H and O–H groups in total. The van der Waals surface area contributed by atoms with Crippen molar-refractivity contribution in [3.63, 3.8) is 0 Å². The average molecular weight is 1320 g/mol. The van der Waals surface area contributed by atoms with E-state index in [-0.39, 0.29) is 48.5 Å². The third kappa shape index (κ3) is 10.5. The van der Waals surface area contributed by atoms with Gasteiger partial charge in [-0.2, -0.15) is 18.2 Å². The van der Waals surface area contributed by atoms with Crippen LogP contribution in [0.2, 0.25) is 0 Å². The standard InChI is InChI=1S/C78H68N4OSi.Pt/c1-76(2,3)57-41-38-54(39-42-57)55-40-45-70-72(49-55)80(60-26-22-27-61(51-60)83-62-43-44-68-67-34-19-20-36-69(67)82(71(68)52-62)74-50-59(46-47-79-74)78(7,8)9)53-81(70)75-66(56-24-21-25-58(48-56)77(4,5)6)35-23-37-73(75)84(63-28-13-10-14-29-63,64-30-15-11-16-31-64)65-32-17-12-18-33-65;/h10-50H,1-9H3;/q-2;/i10D,11D,12D,13D,14D,15D,16D,17D,18D,28D,29D,30D,31D,32D,33D;. The van der Waals surface area contributed by atoms with Crippen LogP contribution in [0.3, 0.4) is 0 Å². The summed E-state index contributed by atoms with van der Waals surface area (Å²) >= 11 is 0. The molecule has 0 saturated heterocycles. The predicted octanol–water partition coefficient (Wildman–Crippen LogP) is 16.2. The van der Waals surface area contributed by atoms with Gasteiger partial charge in [0.15, 0.2) is 8.07 Å². The molecule has 5 nitrogen and oxygen atoms in total. The molecule has 0 saturated carbocycles. The zero-order chi connectivity index (χ0) is 71.0. The number of imidazole rings is 1. The Kier molecular flexibility index (Phi) is 10.9. The molecular weight excluding hydrogens is 1230 g/mol. The summed E-state index contributed by atoms with van der Waals surface area (Å²) in [4.78, 5) is 4.87. The number of nitrogens with zero attached hydrogens (tertiary/aromatic N) is 4. The summed E-state index contributed by atoms with van der Waals surface area (Å²) in [6, 6.07) is 42.2. The molecule has 0 amide bonds. The molecule has 85 heavy (non-hydrogen) atoms. The summed E-state index contributed by atoms with van der Waals surface area (Å²) in [5.41, 5.74) is 8.03. The van der Waals surface area contributed by atoms with Crippen LogP contribution >= 0.6 is 0 Å².